The zero-order valence-electron chi connectivity index (χ0n) is 10.5. The van der Waals surface area contributed by atoms with Gasteiger partial charge in [0, 0.05) is 6.07 Å². The van der Waals surface area contributed by atoms with Gasteiger partial charge >= 0.3 is 0 Å². The quantitative estimate of drug-likeness (QED) is 0.682. The predicted octanol–water partition coefficient (Wildman–Crippen LogP) is 2.53. The van der Waals surface area contributed by atoms with E-state index in [4.69, 9.17) is 4.42 Å². The lowest BCUT2D eigenvalue weighted by Gasteiger charge is -2.09. The Balaban J connectivity index is 1.95. The number of benzene rings is 1. The Bertz CT molecular complexity index is 617. The molecule has 1 N–H and O–H groups in total. The van der Waals surface area contributed by atoms with Crippen LogP contribution in [-0.2, 0) is 11.3 Å². The Morgan fingerprint density at radius 2 is 1.86 bits per heavy atom. The molecule has 0 atom stereocenters. The average Bonchev–Trinajstić information content (AvgIpc) is 2.96. The van der Waals surface area contributed by atoms with E-state index in [-0.39, 0.29) is 12.6 Å². The number of amides is 1. The van der Waals surface area contributed by atoms with Crippen LogP contribution in [0.4, 0.5) is 17.6 Å². The maximum absolute atomic E-state index is 13.2. The highest BCUT2D eigenvalue weighted by Gasteiger charge is 2.21. The van der Waals surface area contributed by atoms with Crippen LogP contribution in [0.15, 0.2) is 28.9 Å². The van der Waals surface area contributed by atoms with Crippen LogP contribution in [0, 0.1) is 23.3 Å². The molecule has 0 saturated carbocycles. The van der Waals surface area contributed by atoms with Crippen LogP contribution in [0.3, 0.4) is 0 Å². The number of nitrogens with one attached hydrogen (secondary N) is 1. The lowest BCUT2D eigenvalue weighted by molar-refractivity contribution is -0.123. The summed E-state index contributed by atoms with van der Waals surface area (Å²) >= 11 is 0. The Labute approximate surface area is 116 Å². The van der Waals surface area contributed by atoms with E-state index in [1.807, 2.05) is 0 Å². The van der Waals surface area contributed by atoms with Crippen molar-refractivity contribution in [3.63, 3.8) is 0 Å². The Morgan fingerprint density at radius 1 is 1.19 bits per heavy atom. The van der Waals surface area contributed by atoms with E-state index < -0.39 is 41.5 Å². The number of halogens is 4. The standard InChI is InChI=1S/C13H9F4NO3/c14-8-4-9(15)12(17)13(11(8)16)21-6-10(19)18-5-7-2-1-3-20-7/h1-4H,5-6H2,(H,18,19). The number of carbonyl (C=O) groups is 1. The first-order valence-corrected chi connectivity index (χ1v) is 5.74. The monoisotopic (exact) mass is 303 g/mol. The second-order valence-electron chi connectivity index (χ2n) is 3.94. The zero-order valence-corrected chi connectivity index (χ0v) is 10.5. The SMILES string of the molecule is O=C(COc1c(F)c(F)cc(F)c1F)NCc1ccco1. The maximum atomic E-state index is 13.2. The van der Waals surface area contributed by atoms with E-state index in [1.54, 1.807) is 12.1 Å². The van der Waals surface area contributed by atoms with Crippen molar-refractivity contribution >= 4 is 5.91 Å². The molecule has 0 bridgehead atoms. The molecule has 0 radical (unpaired) electrons. The molecule has 1 amide bonds. The Morgan fingerprint density at radius 3 is 2.43 bits per heavy atom. The fourth-order valence-electron chi connectivity index (χ4n) is 1.47. The molecule has 2 rings (SSSR count). The van der Waals surface area contributed by atoms with Gasteiger partial charge in [-0.3, -0.25) is 4.79 Å². The molecule has 0 spiro atoms. The molecule has 0 saturated heterocycles. The lowest BCUT2D eigenvalue weighted by atomic mass is 10.3. The minimum atomic E-state index is -1.70. The number of hydrogen-bond donors (Lipinski definition) is 1. The third-order valence-corrected chi connectivity index (χ3v) is 2.46. The predicted molar refractivity (Wildman–Crippen MR) is 62.3 cm³/mol. The van der Waals surface area contributed by atoms with E-state index in [2.05, 4.69) is 10.1 Å². The largest absolute Gasteiger partial charge is 0.477 e. The Kier molecular flexibility index (Phi) is 4.46. The van der Waals surface area contributed by atoms with Gasteiger partial charge in [0.15, 0.2) is 24.0 Å². The van der Waals surface area contributed by atoms with E-state index in [0.29, 0.717) is 5.76 Å². The second kappa shape index (κ2) is 6.29. The van der Waals surface area contributed by atoms with Gasteiger partial charge < -0.3 is 14.5 Å². The van der Waals surface area contributed by atoms with Gasteiger partial charge in [-0.05, 0) is 12.1 Å². The van der Waals surface area contributed by atoms with E-state index in [0.717, 1.165) is 0 Å². The smallest absolute Gasteiger partial charge is 0.258 e. The summed E-state index contributed by atoms with van der Waals surface area (Å²) in [6.07, 6.45) is 1.40. The minimum Gasteiger partial charge on any atom is -0.477 e. The number of carbonyl (C=O) groups excluding carboxylic acids is 1. The molecule has 0 aliphatic rings. The van der Waals surface area contributed by atoms with Crippen LogP contribution >= 0.6 is 0 Å². The summed E-state index contributed by atoms with van der Waals surface area (Å²) in [6.45, 7) is -0.769. The topological polar surface area (TPSA) is 51.5 Å². The van der Waals surface area contributed by atoms with Crippen molar-refractivity contribution in [3.05, 3.63) is 53.5 Å². The van der Waals surface area contributed by atoms with Crippen LogP contribution in [0.5, 0.6) is 5.75 Å². The highest BCUT2D eigenvalue weighted by molar-refractivity contribution is 5.77. The van der Waals surface area contributed by atoms with E-state index >= 15 is 0 Å². The molecule has 112 valence electrons. The zero-order chi connectivity index (χ0) is 15.4. The third kappa shape index (κ3) is 3.53. The lowest BCUT2D eigenvalue weighted by Crippen LogP contribution is -2.28. The summed E-state index contributed by atoms with van der Waals surface area (Å²) in [5, 5.41) is 2.33. The van der Waals surface area contributed by atoms with Gasteiger partial charge in [-0.2, -0.15) is 8.78 Å². The maximum Gasteiger partial charge on any atom is 0.258 e. The first-order chi connectivity index (χ1) is 9.99. The normalized spacial score (nSPS) is 10.5. The molecular weight excluding hydrogens is 294 g/mol. The average molecular weight is 303 g/mol. The van der Waals surface area contributed by atoms with Crippen LogP contribution in [0.1, 0.15) is 5.76 Å². The second-order valence-corrected chi connectivity index (χ2v) is 3.94. The molecule has 4 nitrogen and oxygen atoms in total. The molecule has 21 heavy (non-hydrogen) atoms. The molecular formula is C13H9F4NO3. The highest BCUT2D eigenvalue weighted by Crippen LogP contribution is 2.26. The van der Waals surface area contributed by atoms with E-state index in [1.165, 1.54) is 6.26 Å². The summed E-state index contributed by atoms with van der Waals surface area (Å²) < 4.78 is 61.7. The number of furan rings is 1. The number of rotatable bonds is 5. The number of hydrogen-bond acceptors (Lipinski definition) is 3. The molecule has 0 aliphatic carbocycles. The van der Waals surface area contributed by atoms with E-state index in [9.17, 15) is 22.4 Å². The molecule has 0 aliphatic heterocycles. The summed E-state index contributed by atoms with van der Waals surface area (Å²) in [4.78, 5) is 11.4. The summed E-state index contributed by atoms with van der Waals surface area (Å²) in [5.74, 6) is -8.19. The molecule has 2 aromatic rings. The first-order valence-electron chi connectivity index (χ1n) is 5.74. The van der Waals surface area contributed by atoms with Crippen molar-refractivity contribution in [1.29, 1.82) is 0 Å². The van der Waals surface area contributed by atoms with Crippen molar-refractivity contribution in [2.24, 2.45) is 0 Å². The fraction of sp³-hybridized carbons (Fsp3) is 0.154. The van der Waals surface area contributed by atoms with Crippen molar-refractivity contribution in [2.75, 3.05) is 6.61 Å². The van der Waals surface area contributed by atoms with Crippen molar-refractivity contribution < 1.29 is 31.5 Å². The fourth-order valence-corrected chi connectivity index (χ4v) is 1.47. The van der Waals surface area contributed by atoms with Gasteiger partial charge in [-0.15, -0.1) is 0 Å². The minimum absolute atomic E-state index is 0.0394. The molecule has 0 fully saturated rings. The van der Waals surface area contributed by atoms with Crippen LogP contribution < -0.4 is 10.1 Å². The molecule has 1 heterocycles. The van der Waals surface area contributed by atoms with Crippen molar-refractivity contribution in [2.45, 2.75) is 6.54 Å². The summed E-state index contributed by atoms with van der Waals surface area (Å²) in [6, 6.07) is 3.26. The summed E-state index contributed by atoms with van der Waals surface area (Å²) in [7, 11) is 0. The third-order valence-electron chi connectivity index (χ3n) is 2.46. The number of ether oxygens (including phenoxy) is 1. The highest BCUT2D eigenvalue weighted by atomic mass is 19.2. The van der Waals surface area contributed by atoms with Crippen LogP contribution in [-0.4, -0.2) is 12.5 Å². The van der Waals surface area contributed by atoms with Gasteiger partial charge in [-0.1, -0.05) is 0 Å². The van der Waals surface area contributed by atoms with Crippen molar-refractivity contribution in [3.8, 4) is 5.75 Å². The molecule has 1 aromatic heterocycles. The first kappa shape index (κ1) is 14.9. The van der Waals surface area contributed by atoms with Crippen LogP contribution in [0.2, 0.25) is 0 Å². The van der Waals surface area contributed by atoms with Crippen LogP contribution in [0.25, 0.3) is 0 Å². The van der Waals surface area contributed by atoms with Gasteiger partial charge in [0.05, 0.1) is 12.8 Å². The molecule has 0 unspecified atom stereocenters. The van der Waals surface area contributed by atoms with Gasteiger partial charge in [-0.25, -0.2) is 8.78 Å². The molecule has 1 aromatic carbocycles. The van der Waals surface area contributed by atoms with Gasteiger partial charge in [0.1, 0.15) is 5.76 Å². The Hall–Kier alpha value is -2.51. The van der Waals surface area contributed by atoms with Crippen molar-refractivity contribution in [1.82, 2.24) is 5.32 Å². The summed E-state index contributed by atoms with van der Waals surface area (Å²) in [5.41, 5.74) is 0. The van der Waals surface area contributed by atoms with Gasteiger partial charge in [0.25, 0.3) is 5.91 Å². The van der Waals surface area contributed by atoms with Gasteiger partial charge in [0.2, 0.25) is 11.6 Å². The molecule has 8 heteroatoms.